The van der Waals surface area contributed by atoms with Gasteiger partial charge in [-0.3, -0.25) is 9.59 Å². The number of aliphatic hydroxyl groups is 15. The number of carbonyl (C=O) groups excluding carboxylic acids is 2. The van der Waals surface area contributed by atoms with Crippen molar-refractivity contribution >= 4 is 11.8 Å². The van der Waals surface area contributed by atoms with E-state index in [-0.39, 0.29) is 12.3 Å². The van der Waals surface area contributed by atoms with Crippen molar-refractivity contribution in [2.45, 2.75) is 373 Å². The van der Waals surface area contributed by atoms with Gasteiger partial charge in [-0.25, -0.2) is 0 Å². The highest BCUT2D eigenvalue weighted by molar-refractivity contribution is 5.76. The number of hydrogen-bond donors (Lipinski definition) is 17. The molecule has 0 aromatic carbocycles. The van der Waals surface area contributed by atoms with Gasteiger partial charge in [0.25, 0.3) is 0 Å². The molecule has 0 saturated carbocycles. The predicted octanol–water partition coefficient (Wildman–Crippen LogP) is 0.636. The number of rotatable bonds is 47. The molecule has 0 radical (unpaired) electrons. The smallest absolute Gasteiger partial charge is 0.220 e. The zero-order chi connectivity index (χ0) is 71.0. The minimum Gasteiger partial charge on any atom is -0.394 e. The maximum Gasteiger partial charge on any atom is 0.220 e. The first-order valence-corrected chi connectivity index (χ1v) is 36.3. The largest absolute Gasteiger partial charge is 0.394 e. The zero-order valence-corrected chi connectivity index (χ0v) is 57.7. The van der Waals surface area contributed by atoms with Crippen molar-refractivity contribution in [3.63, 3.8) is 0 Å². The lowest BCUT2D eigenvalue weighted by molar-refractivity contribution is -0.392. The van der Waals surface area contributed by atoms with Crippen LogP contribution in [0, 0.1) is 0 Å². The number of nitrogens with one attached hydrogen (secondary N) is 2. The summed E-state index contributed by atoms with van der Waals surface area (Å²) in [5.41, 5.74) is 0. The summed E-state index contributed by atoms with van der Waals surface area (Å²) in [4.78, 5) is 26.6. The van der Waals surface area contributed by atoms with Crippen LogP contribution in [0.15, 0.2) is 12.2 Å². The fourth-order valence-corrected chi connectivity index (χ4v) is 13.1. The van der Waals surface area contributed by atoms with E-state index in [0.717, 1.165) is 58.3 Å². The van der Waals surface area contributed by atoms with E-state index < -0.39 is 205 Å². The van der Waals surface area contributed by atoms with Crippen LogP contribution in [0.3, 0.4) is 0 Å². The number of hydrogen-bond acceptors (Lipinski definition) is 27. The summed E-state index contributed by atoms with van der Waals surface area (Å²) in [7, 11) is 0. The Morgan fingerprint density at radius 1 is 0.423 bits per heavy atom. The van der Waals surface area contributed by atoms with Crippen LogP contribution in [-0.4, -0.2) is 287 Å². The predicted molar refractivity (Wildman–Crippen MR) is 348 cm³/mol. The second-order valence-electron chi connectivity index (χ2n) is 27.1. The van der Waals surface area contributed by atoms with Gasteiger partial charge in [-0.2, -0.15) is 0 Å². The summed E-state index contributed by atoms with van der Waals surface area (Å²) in [5.74, 6) is -1.17. The number of ether oxygens (including phenoxy) is 10. The molecule has 97 heavy (non-hydrogen) atoms. The molecule has 29 heteroatoms. The van der Waals surface area contributed by atoms with E-state index in [1.165, 1.54) is 116 Å². The highest BCUT2D eigenvalue weighted by Crippen LogP contribution is 2.37. The van der Waals surface area contributed by atoms with Crippen LogP contribution in [0.5, 0.6) is 0 Å². The van der Waals surface area contributed by atoms with Crippen molar-refractivity contribution in [1.29, 1.82) is 0 Å². The van der Waals surface area contributed by atoms with Gasteiger partial charge in [-0.05, 0) is 26.2 Å². The van der Waals surface area contributed by atoms with E-state index >= 15 is 0 Å². The number of carbonyl (C=O) groups is 2. The lowest BCUT2D eigenvalue weighted by Crippen LogP contribution is -2.71. The SMILES string of the molecule is CCCCCCCCCCCCC/C=C/[C@@H](O)[C@H](CO[C@@H]1OC(CO)[C@@H](O[C@@H]2OC(CO)[C@H](O)[C@H](O[C@@H]3OC(CO)[C@@H](O[C@@H]4OC(CO)[C@H](O)[C@H](O)C4O)[C@H](O[C@H]4OC(C)[C@@H](O)C(O)[C@@H]4O)C3NC(C)=O)C2O)[C@H](O)C1O)NC(=O)CCCCCCCCCCCCCCCCC. The molecule has 0 bridgehead atoms. The van der Waals surface area contributed by atoms with E-state index in [1.807, 2.05) is 6.08 Å². The van der Waals surface area contributed by atoms with Crippen molar-refractivity contribution < 1.29 is 134 Å². The monoisotopic (exact) mass is 1400 g/mol. The van der Waals surface area contributed by atoms with Crippen molar-refractivity contribution in [3.8, 4) is 0 Å². The molecular formula is C68H124N2O27. The van der Waals surface area contributed by atoms with Crippen LogP contribution < -0.4 is 10.6 Å². The third kappa shape index (κ3) is 27.0. The van der Waals surface area contributed by atoms with Crippen LogP contribution in [0.2, 0.25) is 0 Å². The van der Waals surface area contributed by atoms with Crippen LogP contribution in [0.25, 0.3) is 0 Å². The lowest BCUT2D eigenvalue weighted by Gasteiger charge is -2.51. The lowest BCUT2D eigenvalue weighted by atomic mass is 9.93. The topological polar surface area (TPSA) is 454 Å². The van der Waals surface area contributed by atoms with Gasteiger partial charge < -0.3 is 135 Å². The fourth-order valence-electron chi connectivity index (χ4n) is 13.1. The summed E-state index contributed by atoms with van der Waals surface area (Å²) < 4.78 is 59.7. The molecule has 5 rings (SSSR count). The van der Waals surface area contributed by atoms with Gasteiger partial charge in [0, 0.05) is 13.3 Å². The minimum atomic E-state index is -2.18. The summed E-state index contributed by atoms with van der Waals surface area (Å²) in [5, 5.41) is 171. The van der Waals surface area contributed by atoms with Crippen molar-refractivity contribution in [3.05, 3.63) is 12.2 Å². The number of unbranched alkanes of at least 4 members (excludes halogenated alkanes) is 25. The van der Waals surface area contributed by atoms with Gasteiger partial charge in [0.2, 0.25) is 11.8 Å². The molecule has 5 saturated heterocycles. The Labute approximate surface area is 572 Å². The van der Waals surface area contributed by atoms with E-state index in [2.05, 4.69) is 24.5 Å². The molecule has 5 aliphatic rings. The Bertz CT molecular complexity index is 2130. The molecule has 17 N–H and O–H groups in total. The molecule has 0 aromatic rings. The molecule has 5 aliphatic heterocycles. The molecule has 0 aromatic heterocycles. The average Bonchev–Trinajstić information content (AvgIpc) is 0.766. The van der Waals surface area contributed by atoms with Crippen LogP contribution >= 0.6 is 0 Å². The van der Waals surface area contributed by atoms with Gasteiger partial charge in [0.05, 0.1) is 51.3 Å². The Hall–Kier alpha value is -2.32. The Morgan fingerprint density at radius 2 is 0.825 bits per heavy atom. The zero-order valence-electron chi connectivity index (χ0n) is 57.7. The first kappa shape index (κ1) is 85.3. The fraction of sp³-hybridized carbons (Fsp3) is 0.941. The van der Waals surface area contributed by atoms with E-state index in [1.54, 1.807) is 6.08 Å². The number of allylic oxidation sites excluding steroid dienone is 1. The van der Waals surface area contributed by atoms with E-state index in [4.69, 9.17) is 47.4 Å². The molecular weight excluding hydrogens is 1280 g/mol. The Kier molecular flexibility index (Phi) is 40.8. The molecule has 5 fully saturated rings. The molecule has 568 valence electrons. The van der Waals surface area contributed by atoms with Crippen LogP contribution in [0.1, 0.15) is 207 Å². The number of aliphatic hydroxyl groups excluding tert-OH is 15. The van der Waals surface area contributed by atoms with Crippen molar-refractivity contribution in [1.82, 2.24) is 10.6 Å². The number of amides is 2. The van der Waals surface area contributed by atoms with Gasteiger partial charge in [-0.15, -0.1) is 0 Å². The average molecular weight is 1400 g/mol. The van der Waals surface area contributed by atoms with Gasteiger partial charge in [0.1, 0.15) is 116 Å². The highest BCUT2D eigenvalue weighted by atomic mass is 16.8. The molecule has 27 atom stereocenters. The minimum absolute atomic E-state index is 0.191. The quantitative estimate of drug-likeness (QED) is 0.0294. The van der Waals surface area contributed by atoms with E-state index in [0.29, 0.717) is 12.8 Å². The first-order valence-electron chi connectivity index (χ1n) is 36.3. The Balaban J connectivity index is 1.26. The van der Waals surface area contributed by atoms with Crippen molar-refractivity contribution in [2.75, 3.05) is 33.0 Å². The molecule has 0 spiro atoms. The molecule has 0 aliphatic carbocycles. The second kappa shape index (κ2) is 46.4. The maximum absolute atomic E-state index is 13.5. The third-order valence-electron chi connectivity index (χ3n) is 19.2. The standard InChI is InChI=1S/C68H124N2O27/c1-5-7-9-11-13-15-17-19-20-22-24-26-28-30-32-34-48(77)70-42(43(76)33-31-29-27-25-23-21-18-16-14-12-10-8-6-2)39-88-65-58(86)55(83)60(46(37-73)93-65)94-68-59(87)63(52(80)45(36-72)91-68)97-64-49(69-41(4)75)62(96-66-56(84)53(81)50(78)40(3)89-66)61(47(38-74)92-64)95-67-57(85)54(82)51(79)44(35-71)90-67/h31,33,40,42-47,49-68,71-74,76,78-87H,5-30,32,34-39H2,1-4H3,(H,69,75)(H,70,77)/b33-31+/t40?,42-,43+,44?,45?,46?,47?,49?,50+,51-,52-,53?,54-,55+,56-,57?,58?,59?,60+,61+,62+,63-,64-,65+,66+,67-,68-/m0/s1. The first-order chi connectivity index (χ1) is 46.7. The third-order valence-corrected chi connectivity index (χ3v) is 19.2. The molecule has 29 nitrogen and oxygen atoms in total. The van der Waals surface area contributed by atoms with Gasteiger partial charge >= 0.3 is 0 Å². The van der Waals surface area contributed by atoms with Gasteiger partial charge in [0.15, 0.2) is 31.5 Å². The van der Waals surface area contributed by atoms with Gasteiger partial charge in [-0.1, -0.05) is 180 Å². The molecule has 5 heterocycles. The van der Waals surface area contributed by atoms with E-state index in [9.17, 15) is 86.2 Å². The highest BCUT2D eigenvalue weighted by Gasteiger charge is 2.58. The molecule has 10 unspecified atom stereocenters. The Morgan fingerprint density at radius 3 is 1.34 bits per heavy atom. The van der Waals surface area contributed by atoms with Crippen LogP contribution in [0.4, 0.5) is 0 Å². The van der Waals surface area contributed by atoms with Crippen molar-refractivity contribution in [2.24, 2.45) is 0 Å². The normalized spacial score (nSPS) is 36.4. The molecule has 2 amide bonds. The summed E-state index contributed by atoms with van der Waals surface area (Å²) in [6, 6.07) is -2.83. The summed E-state index contributed by atoms with van der Waals surface area (Å²) in [6.45, 7) is 2.56. The van der Waals surface area contributed by atoms with Crippen LogP contribution in [-0.2, 0) is 57.0 Å². The second-order valence-corrected chi connectivity index (χ2v) is 27.1. The maximum atomic E-state index is 13.5. The summed E-state index contributed by atoms with van der Waals surface area (Å²) in [6.07, 6.45) is -10.7. The summed E-state index contributed by atoms with van der Waals surface area (Å²) >= 11 is 0.